The van der Waals surface area contributed by atoms with E-state index in [1.165, 1.54) is 12.3 Å². The van der Waals surface area contributed by atoms with Crippen molar-refractivity contribution in [3.8, 4) is 11.5 Å². The van der Waals surface area contributed by atoms with Crippen molar-refractivity contribution in [3.05, 3.63) is 65.2 Å². The normalized spacial score (nSPS) is 10.7. The second-order valence-electron chi connectivity index (χ2n) is 5.36. The number of carbonyl (C=O) groups is 1. The molecule has 0 saturated carbocycles. The summed E-state index contributed by atoms with van der Waals surface area (Å²) in [6, 6.07) is 6.65. The number of pyridine rings is 1. The maximum absolute atomic E-state index is 12.1. The van der Waals surface area contributed by atoms with Gasteiger partial charge in [0.1, 0.15) is 11.3 Å². The predicted octanol–water partition coefficient (Wildman–Crippen LogP) is 2.04. The Labute approximate surface area is 138 Å². The molecule has 0 aliphatic carbocycles. The zero-order chi connectivity index (χ0) is 16.8. The standard InChI is InChI=1S/C17H18N4O3/c22-16(19-7-1-2-9-21-10-8-18-12-21)13-5-6-14(20-17(13)23)15-4-3-11-24-15/h3-6,8,10-12H,1-2,7,9H2,(H,19,22)(H,20,23). The summed E-state index contributed by atoms with van der Waals surface area (Å²) < 4.78 is 7.21. The first kappa shape index (κ1) is 15.8. The molecule has 0 fully saturated rings. The topological polar surface area (TPSA) is 92.9 Å². The average molecular weight is 326 g/mol. The van der Waals surface area contributed by atoms with Gasteiger partial charge in [0.25, 0.3) is 11.5 Å². The van der Waals surface area contributed by atoms with Crippen molar-refractivity contribution in [1.82, 2.24) is 19.9 Å². The van der Waals surface area contributed by atoms with Gasteiger partial charge in [0.05, 0.1) is 18.3 Å². The average Bonchev–Trinajstić information content (AvgIpc) is 3.28. The van der Waals surface area contributed by atoms with E-state index in [-0.39, 0.29) is 11.5 Å². The first-order valence-electron chi connectivity index (χ1n) is 7.75. The van der Waals surface area contributed by atoms with E-state index in [1.807, 2.05) is 10.8 Å². The molecule has 3 rings (SSSR count). The summed E-state index contributed by atoms with van der Waals surface area (Å²) in [5.74, 6) is 0.184. The molecule has 3 aromatic heterocycles. The van der Waals surface area contributed by atoms with Crippen molar-refractivity contribution in [2.24, 2.45) is 0 Å². The van der Waals surface area contributed by atoms with Crippen LogP contribution in [0.15, 0.2) is 58.5 Å². The molecule has 7 nitrogen and oxygen atoms in total. The molecule has 3 aromatic rings. The minimum absolute atomic E-state index is 0.0971. The SMILES string of the molecule is O=C(NCCCCn1ccnc1)c1ccc(-c2ccco2)[nH]c1=O. The van der Waals surface area contributed by atoms with Gasteiger partial charge < -0.3 is 19.3 Å². The quantitative estimate of drug-likeness (QED) is 0.650. The molecular weight excluding hydrogens is 308 g/mol. The summed E-state index contributed by atoms with van der Waals surface area (Å²) in [5.41, 5.74) is 0.210. The van der Waals surface area contributed by atoms with Crippen molar-refractivity contribution in [2.75, 3.05) is 6.54 Å². The summed E-state index contributed by atoms with van der Waals surface area (Å²) >= 11 is 0. The lowest BCUT2D eigenvalue weighted by atomic mass is 10.2. The third-order valence-corrected chi connectivity index (χ3v) is 3.63. The molecule has 0 radical (unpaired) electrons. The highest BCUT2D eigenvalue weighted by molar-refractivity contribution is 5.93. The molecular formula is C17H18N4O3. The van der Waals surface area contributed by atoms with Gasteiger partial charge in [-0.05, 0) is 37.1 Å². The van der Waals surface area contributed by atoms with Gasteiger partial charge in [-0.15, -0.1) is 0 Å². The minimum atomic E-state index is -0.431. The van der Waals surface area contributed by atoms with Gasteiger partial charge in [-0.2, -0.15) is 0 Å². The van der Waals surface area contributed by atoms with Crippen LogP contribution in [0.4, 0.5) is 0 Å². The van der Waals surface area contributed by atoms with Crippen LogP contribution in [0.2, 0.25) is 0 Å². The number of H-pyrrole nitrogens is 1. The number of imidazole rings is 1. The van der Waals surface area contributed by atoms with Crippen LogP contribution in [0.3, 0.4) is 0 Å². The van der Waals surface area contributed by atoms with E-state index in [9.17, 15) is 9.59 Å². The number of nitrogens with zero attached hydrogens (tertiary/aromatic N) is 2. The van der Waals surface area contributed by atoms with Gasteiger partial charge in [-0.3, -0.25) is 9.59 Å². The summed E-state index contributed by atoms with van der Waals surface area (Å²) in [4.78, 5) is 30.8. The molecule has 7 heteroatoms. The van der Waals surface area contributed by atoms with Crippen molar-refractivity contribution < 1.29 is 9.21 Å². The smallest absolute Gasteiger partial charge is 0.261 e. The number of hydrogen-bond donors (Lipinski definition) is 2. The Balaban J connectivity index is 1.50. The predicted molar refractivity (Wildman–Crippen MR) is 88.6 cm³/mol. The maximum atomic E-state index is 12.1. The molecule has 0 saturated heterocycles. The molecule has 24 heavy (non-hydrogen) atoms. The first-order chi connectivity index (χ1) is 11.7. The number of amides is 1. The molecule has 0 bridgehead atoms. The number of aromatic nitrogens is 3. The highest BCUT2D eigenvalue weighted by Gasteiger charge is 2.11. The minimum Gasteiger partial charge on any atom is -0.463 e. The molecule has 124 valence electrons. The van der Waals surface area contributed by atoms with Gasteiger partial charge in [0.15, 0.2) is 0 Å². The number of hydrogen-bond acceptors (Lipinski definition) is 4. The van der Waals surface area contributed by atoms with E-state index in [4.69, 9.17) is 4.42 Å². The molecule has 0 aliphatic heterocycles. The molecule has 0 aliphatic rings. The summed E-state index contributed by atoms with van der Waals surface area (Å²) in [6.07, 6.45) is 8.67. The van der Waals surface area contributed by atoms with Gasteiger partial charge in [0, 0.05) is 25.5 Å². The number of aromatic amines is 1. The summed E-state index contributed by atoms with van der Waals surface area (Å²) in [7, 11) is 0. The third kappa shape index (κ3) is 3.81. The number of rotatable bonds is 7. The van der Waals surface area contributed by atoms with Gasteiger partial charge in [-0.25, -0.2) is 4.98 Å². The van der Waals surface area contributed by atoms with Crippen molar-refractivity contribution in [3.63, 3.8) is 0 Å². The van der Waals surface area contributed by atoms with Crippen LogP contribution in [0.1, 0.15) is 23.2 Å². The van der Waals surface area contributed by atoms with Crippen LogP contribution in [0.5, 0.6) is 0 Å². The molecule has 1 amide bonds. The van der Waals surface area contributed by atoms with Crippen LogP contribution < -0.4 is 10.9 Å². The fourth-order valence-corrected chi connectivity index (χ4v) is 2.36. The van der Waals surface area contributed by atoms with Crippen LogP contribution in [-0.2, 0) is 6.54 Å². The number of nitrogens with one attached hydrogen (secondary N) is 2. The van der Waals surface area contributed by atoms with E-state index in [0.29, 0.717) is 18.0 Å². The monoisotopic (exact) mass is 326 g/mol. The fraction of sp³-hybridized carbons (Fsp3) is 0.235. The zero-order valence-corrected chi connectivity index (χ0v) is 13.1. The highest BCUT2D eigenvalue weighted by atomic mass is 16.3. The molecule has 0 unspecified atom stereocenters. The second kappa shape index (κ2) is 7.45. The van der Waals surface area contributed by atoms with Gasteiger partial charge >= 0.3 is 0 Å². The van der Waals surface area contributed by atoms with E-state index < -0.39 is 5.56 Å². The second-order valence-corrected chi connectivity index (χ2v) is 5.36. The van der Waals surface area contributed by atoms with Crippen LogP contribution >= 0.6 is 0 Å². The Hall–Kier alpha value is -3.09. The third-order valence-electron chi connectivity index (χ3n) is 3.63. The van der Waals surface area contributed by atoms with Crippen molar-refractivity contribution >= 4 is 5.91 Å². The van der Waals surface area contributed by atoms with Crippen molar-refractivity contribution in [2.45, 2.75) is 19.4 Å². The molecule has 2 N–H and O–H groups in total. The Bertz CT molecular complexity index is 835. The Morgan fingerprint density at radius 1 is 1.29 bits per heavy atom. The van der Waals surface area contributed by atoms with Gasteiger partial charge in [0.2, 0.25) is 0 Å². The zero-order valence-electron chi connectivity index (χ0n) is 13.1. The Morgan fingerprint density at radius 2 is 2.21 bits per heavy atom. The molecule has 0 atom stereocenters. The summed E-state index contributed by atoms with van der Waals surface area (Å²) in [6.45, 7) is 1.38. The van der Waals surface area contributed by atoms with Crippen LogP contribution in [0, 0.1) is 0 Å². The van der Waals surface area contributed by atoms with Crippen LogP contribution in [-0.4, -0.2) is 27.0 Å². The lowest BCUT2D eigenvalue weighted by molar-refractivity contribution is 0.0951. The van der Waals surface area contributed by atoms with Crippen LogP contribution in [0.25, 0.3) is 11.5 Å². The lowest BCUT2D eigenvalue weighted by Crippen LogP contribution is -2.30. The largest absolute Gasteiger partial charge is 0.463 e. The van der Waals surface area contributed by atoms with Gasteiger partial charge in [-0.1, -0.05) is 0 Å². The molecule has 3 heterocycles. The van der Waals surface area contributed by atoms with E-state index in [1.54, 1.807) is 30.7 Å². The van der Waals surface area contributed by atoms with E-state index in [0.717, 1.165) is 19.4 Å². The number of aryl methyl sites for hydroxylation is 1. The van der Waals surface area contributed by atoms with E-state index >= 15 is 0 Å². The summed E-state index contributed by atoms with van der Waals surface area (Å²) in [5, 5.41) is 2.77. The fourth-order valence-electron chi connectivity index (χ4n) is 2.36. The Morgan fingerprint density at radius 3 is 2.92 bits per heavy atom. The number of carbonyl (C=O) groups excluding carboxylic acids is 1. The number of unbranched alkanes of at least 4 members (excludes halogenated alkanes) is 1. The highest BCUT2D eigenvalue weighted by Crippen LogP contribution is 2.15. The molecule has 0 spiro atoms. The maximum Gasteiger partial charge on any atom is 0.261 e. The van der Waals surface area contributed by atoms with Crippen molar-refractivity contribution in [1.29, 1.82) is 0 Å². The first-order valence-corrected chi connectivity index (χ1v) is 7.75. The number of furan rings is 1. The van der Waals surface area contributed by atoms with E-state index in [2.05, 4.69) is 15.3 Å². The Kier molecular flexibility index (Phi) is 4.90. The lowest BCUT2D eigenvalue weighted by Gasteiger charge is -2.06. The molecule has 0 aromatic carbocycles.